The van der Waals surface area contributed by atoms with Gasteiger partial charge in [0.15, 0.2) is 0 Å². The Morgan fingerprint density at radius 3 is 2.77 bits per heavy atom. The van der Waals surface area contributed by atoms with Gasteiger partial charge in [0, 0.05) is 12.1 Å². The second-order valence-corrected chi connectivity index (χ2v) is 6.32. The molecule has 0 radical (unpaired) electrons. The molecule has 0 unspecified atom stereocenters. The van der Waals surface area contributed by atoms with Gasteiger partial charge >= 0.3 is 0 Å². The molecule has 1 aliphatic heterocycles. The fourth-order valence-corrected chi connectivity index (χ4v) is 2.85. The molecule has 1 aliphatic rings. The maximum Gasteiger partial charge on any atom is 0.251 e. The van der Waals surface area contributed by atoms with Crippen LogP contribution >= 0.6 is 0 Å². The van der Waals surface area contributed by atoms with E-state index in [9.17, 15) is 4.79 Å². The summed E-state index contributed by atoms with van der Waals surface area (Å²) in [4.78, 5) is 14.6. The van der Waals surface area contributed by atoms with Crippen molar-refractivity contribution in [1.82, 2.24) is 10.2 Å². The number of likely N-dealkylation sites (tertiary alicyclic amines) is 1. The van der Waals surface area contributed by atoms with E-state index in [0.717, 1.165) is 36.7 Å². The van der Waals surface area contributed by atoms with E-state index < -0.39 is 0 Å². The van der Waals surface area contributed by atoms with Crippen molar-refractivity contribution < 1.29 is 9.53 Å². The van der Waals surface area contributed by atoms with Crippen molar-refractivity contribution in [3.05, 3.63) is 29.3 Å². The van der Waals surface area contributed by atoms with E-state index >= 15 is 0 Å². The maximum atomic E-state index is 12.1. The SMILES string of the molecule is COc1cc(C(=O)NCCCN2CCC(C)CC2)ccc1C. The lowest BCUT2D eigenvalue weighted by molar-refractivity contribution is 0.0950. The van der Waals surface area contributed by atoms with E-state index in [1.807, 2.05) is 19.1 Å². The molecular weight excluding hydrogens is 276 g/mol. The molecule has 1 fully saturated rings. The Morgan fingerprint density at radius 2 is 2.09 bits per heavy atom. The van der Waals surface area contributed by atoms with Gasteiger partial charge in [0.2, 0.25) is 0 Å². The van der Waals surface area contributed by atoms with Crippen molar-refractivity contribution in [1.29, 1.82) is 0 Å². The van der Waals surface area contributed by atoms with Crippen LogP contribution in [0.5, 0.6) is 5.75 Å². The van der Waals surface area contributed by atoms with Crippen molar-refractivity contribution in [2.24, 2.45) is 5.92 Å². The lowest BCUT2D eigenvalue weighted by Gasteiger charge is -2.30. The number of amides is 1. The zero-order valence-electron chi connectivity index (χ0n) is 14.0. The molecule has 0 aromatic heterocycles. The number of nitrogens with one attached hydrogen (secondary N) is 1. The summed E-state index contributed by atoms with van der Waals surface area (Å²) >= 11 is 0. The molecule has 1 aromatic rings. The molecule has 0 atom stereocenters. The van der Waals surface area contributed by atoms with Gasteiger partial charge in [-0.15, -0.1) is 0 Å². The molecule has 0 spiro atoms. The van der Waals surface area contributed by atoms with E-state index in [2.05, 4.69) is 17.1 Å². The van der Waals surface area contributed by atoms with Crippen LogP contribution in [0.4, 0.5) is 0 Å². The number of carbonyl (C=O) groups excluding carboxylic acids is 1. The smallest absolute Gasteiger partial charge is 0.251 e. The molecule has 4 nitrogen and oxygen atoms in total. The van der Waals surface area contributed by atoms with Crippen molar-refractivity contribution in [3.63, 3.8) is 0 Å². The quantitative estimate of drug-likeness (QED) is 0.822. The second-order valence-electron chi connectivity index (χ2n) is 6.32. The number of ether oxygens (including phenoxy) is 1. The van der Waals surface area contributed by atoms with Crippen LogP contribution in [0, 0.1) is 12.8 Å². The zero-order chi connectivity index (χ0) is 15.9. The fraction of sp³-hybridized carbons (Fsp3) is 0.611. The second kappa shape index (κ2) is 8.18. The molecular formula is C18H28N2O2. The van der Waals surface area contributed by atoms with Gasteiger partial charge in [-0.2, -0.15) is 0 Å². The van der Waals surface area contributed by atoms with Gasteiger partial charge in [0.1, 0.15) is 5.75 Å². The van der Waals surface area contributed by atoms with Crippen LogP contribution in [0.2, 0.25) is 0 Å². The van der Waals surface area contributed by atoms with Crippen LogP contribution in [-0.2, 0) is 0 Å². The molecule has 0 bridgehead atoms. The molecule has 2 rings (SSSR count). The lowest BCUT2D eigenvalue weighted by atomic mass is 9.99. The number of piperidine rings is 1. The third-order valence-corrected chi connectivity index (χ3v) is 4.48. The van der Waals surface area contributed by atoms with E-state index in [1.54, 1.807) is 13.2 Å². The molecule has 1 heterocycles. The predicted molar refractivity (Wildman–Crippen MR) is 89.5 cm³/mol. The maximum absolute atomic E-state index is 12.1. The third-order valence-electron chi connectivity index (χ3n) is 4.48. The number of methoxy groups -OCH3 is 1. The largest absolute Gasteiger partial charge is 0.496 e. The first-order valence-electron chi connectivity index (χ1n) is 8.25. The summed E-state index contributed by atoms with van der Waals surface area (Å²) in [7, 11) is 1.63. The Kier molecular flexibility index (Phi) is 6.25. The highest BCUT2D eigenvalue weighted by Crippen LogP contribution is 2.19. The predicted octanol–water partition coefficient (Wildman–Crippen LogP) is 2.86. The Labute approximate surface area is 133 Å². The van der Waals surface area contributed by atoms with Crippen molar-refractivity contribution in [3.8, 4) is 5.75 Å². The molecule has 122 valence electrons. The molecule has 1 N–H and O–H groups in total. The van der Waals surface area contributed by atoms with E-state index in [-0.39, 0.29) is 5.91 Å². The molecule has 0 saturated carbocycles. The highest BCUT2D eigenvalue weighted by Gasteiger charge is 2.15. The molecule has 1 saturated heterocycles. The molecule has 0 aliphatic carbocycles. The third kappa shape index (κ3) is 4.73. The first-order chi connectivity index (χ1) is 10.6. The Balaban J connectivity index is 1.71. The molecule has 22 heavy (non-hydrogen) atoms. The van der Waals surface area contributed by atoms with Gasteiger partial charge in [0.05, 0.1) is 7.11 Å². The Morgan fingerprint density at radius 1 is 1.36 bits per heavy atom. The van der Waals surface area contributed by atoms with Crippen molar-refractivity contribution in [2.45, 2.75) is 33.1 Å². The van der Waals surface area contributed by atoms with E-state index in [1.165, 1.54) is 25.9 Å². The van der Waals surface area contributed by atoms with Gasteiger partial charge in [-0.05, 0) is 69.4 Å². The summed E-state index contributed by atoms with van der Waals surface area (Å²) in [6.07, 6.45) is 3.61. The topological polar surface area (TPSA) is 41.6 Å². The van der Waals surface area contributed by atoms with Gasteiger partial charge < -0.3 is 15.0 Å². The van der Waals surface area contributed by atoms with Crippen LogP contribution < -0.4 is 10.1 Å². The molecule has 1 amide bonds. The number of rotatable bonds is 6. The van der Waals surface area contributed by atoms with Gasteiger partial charge in [0.25, 0.3) is 5.91 Å². The number of carbonyl (C=O) groups is 1. The number of hydrogen-bond acceptors (Lipinski definition) is 3. The number of hydrogen-bond donors (Lipinski definition) is 1. The molecule has 4 heteroatoms. The Bertz CT molecular complexity index is 494. The van der Waals surface area contributed by atoms with Crippen molar-refractivity contribution in [2.75, 3.05) is 33.3 Å². The molecule has 1 aromatic carbocycles. The fourth-order valence-electron chi connectivity index (χ4n) is 2.85. The van der Waals surface area contributed by atoms with Crippen molar-refractivity contribution >= 4 is 5.91 Å². The lowest BCUT2D eigenvalue weighted by Crippen LogP contribution is -2.35. The summed E-state index contributed by atoms with van der Waals surface area (Å²) < 4.78 is 5.26. The summed E-state index contributed by atoms with van der Waals surface area (Å²) in [6, 6.07) is 5.57. The monoisotopic (exact) mass is 304 g/mol. The summed E-state index contributed by atoms with van der Waals surface area (Å²) in [5.74, 6) is 1.60. The minimum atomic E-state index is -0.0226. The van der Waals surface area contributed by atoms with E-state index in [0.29, 0.717) is 5.56 Å². The van der Waals surface area contributed by atoms with Crippen LogP contribution in [-0.4, -0.2) is 44.1 Å². The summed E-state index contributed by atoms with van der Waals surface area (Å²) in [5.41, 5.74) is 1.70. The summed E-state index contributed by atoms with van der Waals surface area (Å²) in [5, 5.41) is 3.00. The van der Waals surface area contributed by atoms with Crippen LogP contribution in [0.3, 0.4) is 0 Å². The number of nitrogens with zero attached hydrogens (tertiary/aromatic N) is 1. The minimum absolute atomic E-state index is 0.0226. The van der Waals surface area contributed by atoms with Crippen LogP contribution in [0.1, 0.15) is 42.1 Å². The summed E-state index contributed by atoms with van der Waals surface area (Å²) in [6.45, 7) is 8.49. The van der Waals surface area contributed by atoms with Gasteiger partial charge in [-0.25, -0.2) is 0 Å². The zero-order valence-corrected chi connectivity index (χ0v) is 14.0. The number of benzene rings is 1. The first kappa shape index (κ1) is 16.8. The highest BCUT2D eigenvalue weighted by molar-refractivity contribution is 5.94. The average molecular weight is 304 g/mol. The van der Waals surface area contributed by atoms with Gasteiger partial charge in [-0.3, -0.25) is 4.79 Å². The highest BCUT2D eigenvalue weighted by atomic mass is 16.5. The van der Waals surface area contributed by atoms with Crippen LogP contribution in [0.15, 0.2) is 18.2 Å². The minimum Gasteiger partial charge on any atom is -0.496 e. The average Bonchev–Trinajstić information content (AvgIpc) is 2.53. The van der Waals surface area contributed by atoms with E-state index in [4.69, 9.17) is 4.74 Å². The first-order valence-corrected chi connectivity index (χ1v) is 8.25. The number of aryl methyl sites for hydroxylation is 1. The standard InChI is InChI=1S/C18H28N2O2/c1-14-7-11-20(12-8-14)10-4-9-19-18(21)16-6-5-15(2)17(13-16)22-3/h5-6,13-14H,4,7-12H2,1-3H3,(H,19,21). The normalized spacial score (nSPS) is 16.5. The van der Waals surface area contributed by atoms with Crippen LogP contribution in [0.25, 0.3) is 0 Å². The van der Waals surface area contributed by atoms with Gasteiger partial charge in [-0.1, -0.05) is 13.0 Å². The Hall–Kier alpha value is -1.55.